The van der Waals surface area contributed by atoms with E-state index >= 15 is 0 Å². The molecule has 0 amide bonds. The van der Waals surface area contributed by atoms with Crippen LogP contribution in [0.3, 0.4) is 0 Å². The molecule has 0 bridgehead atoms. The fraction of sp³-hybridized carbons (Fsp3) is 0.438. The van der Waals surface area contributed by atoms with Gasteiger partial charge in [0.15, 0.2) is 0 Å². The molecule has 0 spiro atoms. The number of nitrogens with one attached hydrogen (secondary N) is 1. The van der Waals surface area contributed by atoms with E-state index in [1.807, 2.05) is 24.7 Å². The predicted molar refractivity (Wildman–Crippen MR) is 87.3 cm³/mol. The molecular weight excluding hydrogens is 330 g/mol. The number of benzene rings is 1. The molecule has 2 aromatic rings. The number of hydrogen-bond acceptors (Lipinski definition) is 3. The second kappa shape index (κ2) is 5.81. The van der Waals surface area contributed by atoms with E-state index in [9.17, 15) is 0 Å². The second-order valence-electron chi connectivity index (χ2n) is 5.78. The lowest BCUT2D eigenvalue weighted by molar-refractivity contribution is 0.324. The smallest absolute Gasteiger partial charge is 0.135 e. The van der Waals surface area contributed by atoms with Gasteiger partial charge in [0.2, 0.25) is 0 Å². The van der Waals surface area contributed by atoms with Gasteiger partial charge in [-0.2, -0.15) is 0 Å². The fourth-order valence-corrected chi connectivity index (χ4v) is 3.39. The monoisotopic (exact) mass is 349 g/mol. The summed E-state index contributed by atoms with van der Waals surface area (Å²) in [5.41, 5.74) is 2.53. The molecule has 1 aromatic carbocycles. The lowest BCUT2D eigenvalue weighted by Gasteiger charge is -2.34. The van der Waals surface area contributed by atoms with Crippen molar-refractivity contribution in [3.63, 3.8) is 0 Å². The molecule has 1 aliphatic rings. The quantitative estimate of drug-likeness (QED) is 0.923. The number of ether oxygens (including phenoxy) is 1. The Morgan fingerprint density at radius 3 is 2.81 bits per heavy atom. The van der Waals surface area contributed by atoms with Crippen molar-refractivity contribution < 1.29 is 4.74 Å². The van der Waals surface area contributed by atoms with Gasteiger partial charge in [-0.15, -0.1) is 0 Å². The molecule has 1 saturated heterocycles. The molecule has 5 heteroatoms. The fourth-order valence-electron chi connectivity index (χ4n) is 2.98. The number of aromatic nitrogens is 2. The summed E-state index contributed by atoms with van der Waals surface area (Å²) >= 11 is 3.50. The number of nitrogens with zero attached hydrogens (tertiary/aromatic N) is 2. The largest absolute Gasteiger partial charge is 0.495 e. The molecule has 112 valence electrons. The minimum Gasteiger partial charge on any atom is -0.495 e. The van der Waals surface area contributed by atoms with E-state index in [2.05, 4.69) is 43.8 Å². The van der Waals surface area contributed by atoms with Gasteiger partial charge in [0, 0.05) is 23.4 Å². The SMILES string of the molecule is COc1cc(-n2cncc2C2(C)CCNCC2)ccc1Br. The van der Waals surface area contributed by atoms with Gasteiger partial charge in [0.1, 0.15) is 5.75 Å². The lowest BCUT2D eigenvalue weighted by atomic mass is 9.78. The van der Waals surface area contributed by atoms with E-state index in [0.717, 1.165) is 41.8 Å². The van der Waals surface area contributed by atoms with Crippen LogP contribution in [0.1, 0.15) is 25.5 Å². The van der Waals surface area contributed by atoms with Gasteiger partial charge in [-0.25, -0.2) is 4.98 Å². The first kappa shape index (κ1) is 14.6. The highest BCUT2D eigenvalue weighted by Gasteiger charge is 2.32. The average Bonchev–Trinajstić information content (AvgIpc) is 2.99. The van der Waals surface area contributed by atoms with Crippen LogP contribution in [0.15, 0.2) is 35.2 Å². The van der Waals surface area contributed by atoms with Gasteiger partial charge in [-0.1, -0.05) is 6.92 Å². The molecule has 0 atom stereocenters. The zero-order chi connectivity index (χ0) is 14.9. The van der Waals surface area contributed by atoms with Crippen LogP contribution in [-0.2, 0) is 5.41 Å². The molecular formula is C16H20BrN3O. The Hall–Kier alpha value is -1.33. The highest BCUT2D eigenvalue weighted by atomic mass is 79.9. The zero-order valence-corrected chi connectivity index (χ0v) is 14.0. The Kier molecular flexibility index (Phi) is 4.04. The van der Waals surface area contributed by atoms with Crippen molar-refractivity contribution in [2.75, 3.05) is 20.2 Å². The molecule has 0 radical (unpaired) electrons. The highest BCUT2D eigenvalue weighted by Crippen LogP contribution is 2.35. The zero-order valence-electron chi connectivity index (χ0n) is 12.4. The summed E-state index contributed by atoms with van der Waals surface area (Å²) in [6, 6.07) is 6.14. The summed E-state index contributed by atoms with van der Waals surface area (Å²) < 4.78 is 8.55. The number of piperidine rings is 1. The first-order valence-electron chi connectivity index (χ1n) is 7.21. The van der Waals surface area contributed by atoms with E-state index in [4.69, 9.17) is 4.74 Å². The van der Waals surface area contributed by atoms with Gasteiger partial charge in [-0.3, -0.25) is 0 Å². The van der Waals surface area contributed by atoms with Crippen molar-refractivity contribution in [2.45, 2.75) is 25.2 Å². The van der Waals surface area contributed by atoms with Crippen LogP contribution in [-0.4, -0.2) is 29.8 Å². The van der Waals surface area contributed by atoms with Gasteiger partial charge in [-0.05, 0) is 54.0 Å². The van der Waals surface area contributed by atoms with E-state index in [-0.39, 0.29) is 5.41 Å². The first-order valence-corrected chi connectivity index (χ1v) is 8.01. The second-order valence-corrected chi connectivity index (χ2v) is 6.63. The summed E-state index contributed by atoms with van der Waals surface area (Å²) in [5, 5.41) is 3.43. The minimum absolute atomic E-state index is 0.169. The lowest BCUT2D eigenvalue weighted by Crippen LogP contribution is -2.38. The van der Waals surface area contributed by atoms with Crippen LogP contribution in [0.4, 0.5) is 0 Å². The van der Waals surface area contributed by atoms with Crippen molar-refractivity contribution in [2.24, 2.45) is 0 Å². The Morgan fingerprint density at radius 1 is 1.33 bits per heavy atom. The maximum absolute atomic E-state index is 5.40. The molecule has 2 heterocycles. The summed E-state index contributed by atoms with van der Waals surface area (Å²) in [6.45, 7) is 4.45. The normalized spacial score (nSPS) is 17.7. The van der Waals surface area contributed by atoms with E-state index < -0.39 is 0 Å². The van der Waals surface area contributed by atoms with Crippen LogP contribution in [0.5, 0.6) is 5.75 Å². The van der Waals surface area contributed by atoms with Crippen molar-refractivity contribution in [3.05, 3.63) is 40.9 Å². The molecule has 3 rings (SSSR count). The molecule has 21 heavy (non-hydrogen) atoms. The maximum atomic E-state index is 5.40. The standard InChI is InChI=1S/C16H20BrN3O/c1-16(5-7-18-8-6-16)15-10-19-11-20(15)12-3-4-13(17)14(9-12)21-2/h3-4,9-11,18H,5-8H2,1-2H3. The predicted octanol–water partition coefficient (Wildman–Crippen LogP) is 3.28. The number of halogens is 1. The Balaban J connectivity index is 2.02. The molecule has 0 unspecified atom stereocenters. The van der Waals surface area contributed by atoms with Crippen LogP contribution in [0.2, 0.25) is 0 Å². The van der Waals surface area contributed by atoms with E-state index in [1.54, 1.807) is 7.11 Å². The molecule has 1 aliphatic heterocycles. The molecule has 1 aromatic heterocycles. The summed E-state index contributed by atoms with van der Waals surface area (Å²) in [4.78, 5) is 4.39. The van der Waals surface area contributed by atoms with Gasteiger partial charge in [0.05, 0.1) is 23.6 Å². The Morgan fingerprint density at radius 2 is 2.10 bits per heavy atom. The van der Waals surface area contributed by atoms with Crippen molar-refractivity contribution >= 4 is 15.9 Å². The summed E-state index contributed by atoms with van der Waals surface area (Å²) in [7, 11) is 1.69. The number of hydrogen-bond donors (Lipinski definition) is 1. The number of rotatable bonds is 3. The first-order chi connectivity index (χ1) is 10.1. The van der Waals surface area contributed by atoms with Crippen molar-refractivity contribution in [1.82, 2.24) is 14.9 Å². The third-order valence-corrected chi connectivity index (χ3v) is 5.03. The Labute approximate surface area is 133 Å². The average molecular weight is 350 g/mol. The van der Waals surface area contributed by atoms with Gasteiger partial charge < -0.3 is 14.6 Å². The van der Waals surface area contributed by atoms with Gasteiger partial charge in [0.25, 0.3) is 0 Å². The van der Waals surface area contributed by atoms with Crippen LogP contribution < -0.4 is 10.1 Å². The van der Waals surface area contributed by atoms with Crippen LogP contribution in [0, 0.1) is 0 Å². The van der Waals surface area contributed by atoms with E-state index in [1.165, 1.54) is 5.69 Å². The molecule has 0 aliphatic carbocycles. The molecule has 1 N–H and O–H groups in total. The third kappa shape index (κ3) is 2.72. The summed E-state index contributed by atoms with van der Waals surface area (Å²) in [5.74, 6) is 0.836. The van der Waals surface area contributed by atoms with Crippen molar-refractivity contribution in [1.29, 1.82) is 0 Å². The Bertz CT molecular complexity index is 632. The maximum Gasteiger partial charge on any atom is 0.135 e. The highest BCUT2D eigenvalue weighted by molar-refractivity contribution is 9.10. The topological polar surface area (TPSA) is 39.1 Å². The molecule has 1 fully saturated rings. The van der Waals surface area contributed by atoms with Gasteiger partial charge >= 0.3 is 0 Å². The number of imidazole rings is 1. The minimum atomic E-state index is 0.169. The van der Waals surface area contributed by atoms with Crippen molar-refractivity contribution in [3.8, 4) is 11.4 Å². The number of methoxy groups -OCH3 is 1. The third-order valence-electron chi connectivity index (χ3n) is 4.38. The van der Waals surface area contributed by atoms with E-state index in [0.29, 0.717) is 0 Å². The van der Waals surface area contributed by atoms with Crippen LogP contribution >= 0.6 is 15.9 Å². The molecule has 4 nitrogen and oxygen atoms in total. The summed E-state index contributed by atoms with van der Waals surface area (Å²) in [6.07, 6.45) is 6.16. The van der Waals surface area contributed by atoms with Crippen LogP contribution in [0.25, 0.3) is 5.69 Å². The molecule has 0 saturated carbocycles.